The molecule has 0 N–H and O–H groups in total. The molecule has 0 atom stereocenters. The van der Waals surface area contributed by atoms with E-state index in [1.807, 2.05) is 0 Å². The van der Waals surface area contributed by atoms with E-state index in [4.69, 9.17) is 0 Å². The van der Waals surface area contributed by atoms with Gasteiger partial charge in [0.15, 0.2) is 0 Å². The van der Waals surface area contributed by atoms with E-state index in [0.29, 0.717) is 6.42 Å². The third-order valence-corrected chi connectivity index (χ3v) is 1.75. The van der Waals surface area contributed by atoms with E-state index < -0.39 is 12.5 Å². The first kappa shape index (κ1) is 10.9. The van der Waals surface area contributed by atoms with Gasteiger partial charge in [-0.25, -0.2) is 8.78 Å². The summed E-state index contributed by atoms with van der Waals surface area (Å²) in [4.78, 5) is 0. The maximum atomic E-state index is 11.9. The molecule has 0 spiro atoms. The van der Waals surface area contributed by atoms with Crippen molar-refractivity contribution in [1.82, 2.24) is 0 Å². The van der Waals surface area contributed by atoms with Gasteiger partial charge in [-0.1, -0.05) is 6.04 Å². The molecule has 0 aromatic heterocycles. The summed E-state index contributed by atoms with van der Waals surface area (Å²) in [5, 5.41) is 0. The average Bonchev–Trinajstić information content (AvgIpc) is 1.88. The van der Waals surface area contributed by atoms with Crippen molar-refractivity contribution < 1.29 is 22.3 Å². The van der Waals surface area contributed by atoms with Crippen LogP contribution in [0.5, 0.6) is 0 Å². The molecule has 0 radical (unpaired) electrons. The van der Waals surface area contributed by atoms with Crippen molar-refractivity contribution in [2.75, 3.05) is 6.61 Å². The lowest BCUT2D eigenvalue weighted by Crippen LogP contribution is -2.30. The lowest BCUT2D eigenvalue weighted by Gasteiger charge is -2.14. The van der Waals surface area contributed by atoms with Gasteiger partial charge in [-0.05, 0) is 6.42 Å². The fourth-order valence-electron chi connectivity index (χ4n) is 0.416. The van der Waals surface area contributed by atoms with Gasteiger partial charge in [0, 0.05) is 10.2 Å². The van der Waals surface area contributed by atoms with Crippen LogP contribution in [0.1, 0.15) is 6.42 Å². The zero-order chi connectivity index (χ0) is 8.91. The summed E-state index contributed by atoms with van der Waals surface area (Å²) >= 11 is 0. The molecular formula is C5H10F4OSi. The summed E-state index contributed by atoms with van der Waals surface area (Å²) in [7, 11) is 0.874. The molecular weight excluding hydrogens is 180 g/mol. The van der Waals surface area contributed by atoms with Crippen LogP contribution in [-0.2, 0) is 4.74 Å². The monoisotopic (exact) mass is 190 g/mol. The molecule has 1 nitrogen and oxygen atoms in total. The summed E-state index contributed by atoms with van der Waals surface area (Å²) in [6, 6.07) is 0.777. The second-order valence-corrected chi connectivity index (χ2v) is 3.06. The molecule has 0 heterocycles. The molecule has 68 valence electrons. The summed E-state index contributed by atoms with van der Waals surface area (Å²) < 4.78 is 50.2. The Morgan fingerprint density at radius 2 is 1.91 bits per heavy atom. The van der Waals surface area contributed by atoms with Crippen LogP contribution >= 0.6 is 0 Å². The Hall–Kier alpha value is -0.103. The van der Waals surface area contributed by atoms with Gasteiger partial charge < -0.3 is 4.74 Å². The summed E-state index contributed by atoms with van der Waals surface area (Å²) in [5.74, 6) is 0. The fraction of sp³-hybridized carbons (Fsp3) is 1.00. The molecule has 0 amide bonds. The summed E-state index contributed by atoms with van der Waals surface area (Å²) in [6.45, 7) is -0.291. The van der Waals surface area contributed by atoms with Crippen LogP contribution in [0, 0.1) is 0 Å². The van der Waals surface area contributed by atoms with Gasteiger partial charge in [-0.3, -0.25) is 0 Å². The number of alkyl halides is 4. The van der Waals surface area contributed by atoms with Gasteiger partial charge in [0.05, 0.1) is 6.61 Å². The molecule has 0 aliphatic rings. The third-order valence-electron chi connectivity index (χ3n) is 1.05. The van der Waals surface area contributed by atoms with Gasteiger partial charge in [0.2, 0.25) is 0 Å². The minimum Gasteiger partial charge on any atom is -0.316 e. The lowest BCUT2D eigenvalue weighted by atomic mass is 10.5. The second-order valence-electron chi connectivity index (χ2n) is 2.06. The normalized spacial score (nSPS) is 12.8. The van der Waals surface area contributed by atoms with E-state index in [2.05, 4.69) is 4.74 Å². The van der Waals surface area contributed by atoms with Crippen LogP contribution in [0.25, 0.3) is 0 Å². The summed E-state index contributed by atoms with van der Waals surface area (Å²) in [5.41, 5.74) is 0. The molecule has 11 heavy (non-hydrogen) atoms. The molecule has 0 rings (SSSR count). The Kier molecular flexibility index (Phi) is 4.67. The Morgan fingerprint density at radius 1 is 1.36 bits per heavy atom. The molecule has 0 saturated heterocycles. The lowest BCUT2D eigenvalue weighted by molar-refractivity contribution is -0.300. The highest BCUT2D eigenvalue weighted by Crippen LogP contribution is 2.24. The smallest absolute Gasteiger partial charge is 0.316 e. The molecule has 0 bridgehead atoms. The maximum Gasteiger partial charge on any atom is 0.416 e. The van der Waals surface area contributed by atoms with Crippen LogP contribution in [0.4, 0.5) is 17.6 Å². The van der Waals surface area contributed by atoms with Gasteiger partial charge in [-0.2, -0.15) is 8.78 Å². The first-order valence-corrected chi connectivity index (χ1v) is 4.72. The predicted octanol–water partition coefficient (Wildman–Crippen LogP) is 1.03. The number of rotatable bonds is 5. The van der Waals surface area contributed by atoms with Crippen LogP contribution in [-0.4, -0.2) is 29.4 Å². The minimum absolute atomic E-state index is 0.291. The Bertz CT molecular complexity index is 109. The van der Waals surface area contributed by atoms with Crippen molar-refractivity contribution >= 4 is 10.2 Å². The second kappa shape index (κ2) is 4.71. The van der Waals surface area contributed by atoms with Crippen molar-refractivity contribution in [2.45, 2.75) is 25.0 Å². The molecule has 0 aliphatic carbocycles. The van der Waals surface area contributed by atoms with Gasteiger partial charge in [0.25, 0.3) is 0 Å². The van der Waals surface area contributed by atoms with Crippen molar-refractivity contribution in [2.24, 2.45) is 0 Å². The minimum atomic E-state index is -4.27. The largest absolute Gasteiger partial charge is 0.416 e. The quantitative estimate of drug-likeness (QED) is 0.357. The van der Waals surface area contributed by atoms with E-state index in [9.17, 15) is 17.6 Å². The molecule has 0 saturated carbocycles. The van der Waals surface area contributed by atoms with Gasteiger partial charge >= 0.3 is 12.5 Å². The van der Waals surface area contributed by atoms with Gasteiger partial charge in [0.1, 0.15) is 0 Å². The predicted molar refractivity (Wildman–Crippen MR) is 36.3 cm³/mol. The van der Waals surface area contributed by atoms with E-state index in [0.717, 1.165) is 16.3 Å². The van der Waals surface area contributed by atoms with Crippen molar-refractivity contribution in [3.63, 3.8) is 0 Å². The SMILES string of the molecule is FC(F)C(F)(F)OCCC[SiH3]. The highest BCUT2D eigenvalue weighted by Gasteiger charge is 2.41. The molecule has 0 aromatic carbocycles. The van der Waals surface area contributed by atoms with Gasteiger partial charge in [-0.15, -0.1) is 0 Å². The zero-order valence-electron chi connectivity index (χ0n) is 6.12. The number of hydrogen-bond acceptors (Lipinski definition) is 1. The topological polar surface area (TPSA) is 9.23 Å². The highest BCUT2D eigenvalue weighted by molar-refractivity contribution is 6.08. The Labute approximate surface area is 65.1 Å². The van der Waals surface area contributed by atoms with Crippen molar-refractivity contribution in [3.05, 3.63) is 0 Å². The van der Waals surface area contributed by atoms with E-state index in [1.54, 1.807) is 0 Å². The van der Waals surface area contributed by atoms with Crippen LogP contribution in [0.2, 0.25) is 6.04 Å². The number of hydrogen-bond donors (Lipinski definition) is 0. The maximum absolute atomic E-state index is 11.9. The fourth-order valence-corrected chi connectivity index (χ4v) is 0.704. The summed E-state index contributed by atoms with van der Waals surface area (Å²) in [6.07, 6.45) is -7.57. The van der Waals surface area contributed by atoms with Crippen molar-refractivity contribution in [3.8, 4) is 0 Å². The Morgan fingerprint density at radius 3 is 2.27 bits per heavy atom. The Balaban J connectivity index is 3.55. The van der Waals surface area contributed by atoms with E-state index >= 15 is 0 Å². The highest BCUT2D eigenvalue weighted by atomic mass is 28.1. The number of halogens is 4. The van der Waals surface area contributed by atoms with E-state index in [-0.39, 0.29) is 6.61 Å². The first-order chi connectivity index (χ1) is 5.00. The number of ether oxygens (including phenoxy) is 1. The average molecular weight is 190 g/mol. The third kappa shape index (κ3) is 4.36. The molecule has 0 aliphatic heterocycles. The zero-order valence-corrected chi connectivity index (χ0v) is 8.12. The molecule has 0 unspecified atom stereocenters. The van der Waals surface area contributed by atoms with Crippen molar-refractivity contribution in [1.29, 1.82) is 0 Å². The standard InChI is InChI=1S/C5H10F4OSi/c6-4(7)5(8,9)10-2-1-3-11/h4H,1-3H2,11H3. The van der Waals surface area contributed by atoms with Crippen LogP contribution < -0.4 is 0 Å². The molecule has 0 aromatic rings. The van der Waals surface area contributed by atoms with E-state index in [1.165, 1.54) is 0 Å². The molecule has 0 fully saturated rings. The van der Waals surface area contributed by atoms with Crippen LogP contribution in [0.3, 0.4) is 0 Å². The first-order valence-electron chi connectivity index (χ1n) is 3.30. The van der Waals surface area contributed by atoms with Crippen LogP contribution in [0.15, 0.2) is 0 Å². The molecule has 6 heteroatoms.